The molecule has 0 spiro atoms. The van der Waals surface area contributed by atoms with Crippen molar-refractivity contribution in [3.05, 3.63) is 35.9 Å². The Labute approximate surface area is 141 Å². The van der Waals surface area contributed by atoms with Gasteiger partial charge in [-0.05, 0) is 45.0 Å². The van der Waals surface area contributed by atoms with Crippen molar-refractivity contribution in [2.75, 3.05) is 0 Å². The number of rotatable bonds is 11. The van der Waals surface area contributed by atoms with Crippen molar-refractivity contribution in [2.24, 2.45) is 4.99 Å². The lowest BCUT2D eigenvalue weighted by Gasteiger charge is -2.15. The smallest absolute Gasteiger partial charge is 0.338 e. The Kier molecular flexibility index (Phi) is 10.0. The maximum absolute atomic E-state index is 12.0. The molecule has 0 N–H and O–H groups in total. The average molecular weight is 317 g/mol. The van der Waals surface area contributed by atoms with Gasteiger partial charge in [-0.3, -0.25) is 4.99 Å². The summed E-state index contributed by atoms with van der Waals surface area (Å²) in [6, 6.07) is 9.30. The Morgan fingerprint density at radius 1 is 1.13 bits per heavy atom. The van der Waals surface area contributed by atoms with E-state index in [1.54, 1.807) is 12.1 Å². The molecule has 2 atom stereocenters. The molecule has 128 valence electrons. The monoisotopic (exact) mass is 317 g/mol. The molecule has 2 unspecified atom stereocenters. The Bertz CT molecular complexity index is 456. The molecule has 0 aromatic heterocycles. The molecular weight excluding hydrogens is 286 g/mol. The van der Waals surface area contributed by atoms with E-state index in [4.69, 9.17) is 4.74 Å². The third-order valence-corrected chi connectivity index (χ3v) is 3.79. The second kappa shape index (κ2) is 11.9. The molecule has 0 radical (unpaired) electrons. The molecule has 23 heavy (non-hydrogen) atoms. The van der Waals surface area contributed by atoms with E-state index in [1.807, 2.05) is 31.3 Å². The van der Waals surface area contributed by atoms with Crippen LogP contribution in [-0.2, 0) is 4.74 Å². The van der Waals surface area contributed by atoms with Crippen LogP contribution in [0.15, 0.2) is 35.3 Å². The van der Waals surface area contributed by atoms with E-state index in [1.165, 1.54) is 32.1 Å². The van der Waals surface area contributed by atoms with Crippen LogP contribution >= 0.6 is 0 Å². The first-order chi connectivity index (χ1) is 11.1. The number of esters is 1. The number of unbranched alkanes of at least 4 members (excludes halogenated alkanes) is 5. The molecule has 1 rings (SSSR count). The largest absolute Gasteiger partial charge is 0.459 e. The summed E-state index contributed by atoms with van der Waals surface area (Å²) in [6.45, 7) is 6.23. The molecule has 3 nitrogen and oxygen atoms in total. The number of hydrogen-bond acceptors (Lipinski definition) is 3. The first-order valence-electron chi connectivity index (χ1n) is 8.91. The summed E-state index contributed by atoms with van der Waals surface area (Å²) >= 11 is 0. The van der Waals surface area contributed by atoms with Crippen LogP contribution in [0.25, 0.3) is 0 Å². The van der Waals surface area contributed by atoms with E-state index < -0.39 is 0 Å². The second-order valence-corrected chi connectivity index (χ2v) is 6.20. The summed E-state index contributed by atoms with van der Waals surface area (Å²) in [7, 11) is 0. The van der Waals surface area contributed by atoms with Gasteiger partial charge in [0.05, 0.1) is 11.6 Å². The number of nitrogens with zero attached hydrogens (tertiary/aromatic N) is 1. The van der Waals surface area contributed by atoms with Gasteiger partial charge in [-0.2, -0.15) is 0 Å². The predicted molar refractivity (Wildman–Crippen MR) is 97.3 cm³/mol. The highest BCUT2D eigenvalue weighted by Gasteiger charge is 2.13. The van der Waals surface area contributed by atoms with E-state index >= 15 is 0 Å². The SMILES string of the molecule is CCCCCCCC=NC(C)CC(C)OC(=O)c1ccccc1. The van der Waals surface area contributed by atoms with Gasteiger partial charge in [0.2, 0.25) is 0 Å². The minimum Gasteiger partial charge on any atom is -0.459 e. The van der Waals surface area contributed by atoms with Crippen LogP contribution in [-0.4, -0.2) is 24.3 Å². The summed E-state index contributed by atoms with van der Waals surface area (Å²) < 4.78 is 5.47. The molecule has 0 aliphatic rings. The third-order valence-electron chi connectivity index (χ3n) is 3.79. The van der Waals surface area contributed by atoms with E-state index in [0.717, 1.165) is 12.8 Å². The Balaban J connectivity index is 2.20. The molecule has 3 heteroatoms. The molecule has 0 bridgehead atoms. The highest BCUT2D eigenvalue weighted by atomic mass is 16.5. The number of ether oxygens (including phenoxy) is 1. The second-order valence-electron chi connectivity index (χ2n) is 6.20. The van der Waals surface area contributed by atoms with E-state index in [2.05, 4.69) is 18.8 Å². The van der Waals surface area contributed by atoms with Gasteiger partial charge in [0.25, 0.3) is 0 Å². The Morgan fingerprint density at radius 3 is 2.52 bits per heavy atom. The van der Waals surface area contributed by atoms with Crippen molar-refractivity contribution >= 4 is 12.2 Å². The van der Waals surface area contributed by atoms with Crippen molar-refractivity contribution in [1.82, 2.24) is 0 Å². The number of benzene rings is 1. The molecule has 0 aliphatic heterocycles. The molecule has 1 aromatic rings. The average Bonchev–Trinajstić information content (AvgIpc) is 2.54. The van der Waals surface area contributed by atoms with E-state index in [-0.39, 0.29) is 18.1 Å². The van der Waals surface area contributed by atoms with E-state index in [0.29, 0.717) is 5.56 Å². The minimum atomic E-state index is -0.259. The lowest BCUT2D eigenvalue weighted by molar-refractivity contribution is 0.0315. The Hall–Kier alpha value is -1.64. The zero-order chi connectivity index (χ0) is 16.9. The summed E-state index contributed by atoms with van der Waals surface area (Å²) in [6.07, 6.45) is 10.2. The fourth-order valence-corrected chi connectivity index (χ4v) is 2.51. The highest BCUT2D eigenvalue weighted by Crippen LogP contribution is 2.10. The molecule has 0 fully saturated rings. The summed E-state index contributed by atoms with van der Waals surface area (Å²) in [4.78, 5) is 16.5. The number of carbonyl (C=O) groups excluding carboxylic acids is 1. The van der Waals surface area contributed by atoms with Gasteiger partial charge in [0.15, 0.2) is 0 Å². The molecular formula is C20H31NO2. The molecule has 0 amide bonds. The van der Waals surface area contributed by atoms with Crippen LogP contribution in [0.3, 0.4) is 0 Å². The lowest BCUT2D eigenvalue weighted by atomic mass is 10.1. The lowest BCUT2D eigenvalue weighted by Crippen LogP contribution is -2.19. The fraction of sp³-hybridized carbons (Fsp3) is 0.600. The molecule has 0 saturated carbocycles. The highest BCUT2D eigenvalue weighted by molar-refractivity contribution is 5.89. The van der Waals surface area contributed by atoms with Crippen LogP contribution in [0.1, 0.15) is 76.1 Å². The van der Waals surface area contributed by atoms with Crippen molar-refractivity contribution in [3.8, 4) is 0 Å². The van der Waals surface area contributed by atoms with Crippen molar-refractivity contribution in [3.63, 3.8) is 0 Å². The first-order valence-corrected chi connectivity index (χ1v) is 8.91. The van der Waals surface area contributed by atoms with Gasteiger partial charge >= 0.3 is 5.97 Å². The maximum atomic E-state index is 12.0. The fourth-order valence-electron chi connectivity index (χ4n) is 2.51. The quantitative estimate of drug-likeness (QED) is 0.309. The van der Waals surface area contributed by atoms with Crippen LogP contribution in [0.2, 0.25) is 0 Å². The zero-order valence-corrected chi connectivity index (χ0v) is 14.8. The van der Waals surface area contributed by atoms with Crippen molar-refractivity contribution < 1.29 is 9.53 Å². The first kappa shape index (κ1) is 19.4. The van der Waals surface area contributed by atoms with Gasteiger partial charge in [0, 0.05) is 6.42 Å². The maximum Gasteiger partial charge on any atom is 0.338 e. The molecule has 0 saturated heterocycles. The summed E-state index contributed by atoms with van der Waals surface area (Å²) in [5, 5.41) is 0. The third kappa shape index (κ3) is 9.17. The summed E-state index contributed by atoms with van der Waals surface area (Å²) in [5.74, 6) is -0.259. The van der Waals surface area contributed by atoms with Gasteiger partial charge < -0.3 is 4.74 Å². The van der Waals surface area contributed by atoms with Crippen LogP contribution in [0.5, 0.6) is 0 Å². The van der Waals surface area contributed by atoms with Gasteiger partial charge in [-0.25, -0.2) is 4.79 Å². The van der Waals surface area contributed by atoms with Gasteiger partial charge in [-0.1, -0.05) is 50.8 Å². The summed E-state index contributed by atoms with van der Waals surface area (Å²) in [5.41, 5.74) is 0.600. The van der Waals surface area contributed by atoms with Crippen LogP contribution in [0.4, 0.5) is 0 Å². The van der Waals surface area contributed by atoms with Crippen LogP contribution < -0.4 is 0 Å². The van der Waals surface area contributed by atoms with Gasteiger partial charge in [0.1, 0.15) is 6.10 Å². The number of carbonyl (C=O) groups is 1. The van der Waals surface area contributed by atoms with Crippen molar-refractivity contribution in [1.29, 1.82) is 0 Å². The zero-order valence-electron chi connectivity index (χ0n) is 14.8. The van der Waals surface area contributed by atoms with Gasteiger partial charge in [-0.15, -0.1) is 0 Å². The molecule has 0 heterocycles. The van der Waals surface area contributed by atoms with Crippen LogP contribution in [0, 0.1) is 0 Å². The predicted octanol–water partition coefficient (Wildman–Crippen LogP) is 5.44. The Morgan fingerprint density at radius 2 is 1.83 bits per heavy atom. The standard InChI is InChI=1S/C20H31NO2/c1-4-5-6-7-8-12-15-21-17(2)16-18(3)23-20(22)19-13-10-9-11-14-19/h9-11,13-15,17-18H,4-8,12,16H2,1-3H3. The molecule has 0 aliphatic carbocycles. The molecule has 1 aromatic carbocycles. The topological polar surface area (TPSA) is 38.7 Å². The van der Waals surface area contributed by atoms with Crippen molar-refractivity contribution in [2.45, 2.75) is 77.9 Å². The van der Waals surface area contributed by atoms with E-state index in [9.17, 15) is 4.79 Å². The normalized spacial score (nSPS) is 13.9. The number of aliphatic imine (C=N–C) groups is 1. The number of hydrogen-bond donors (Lipinski definition) is 0. The minimum absolute atomic E-state index is 0.126.